The normalized spacial score (nSPS) is 44.9. The van der Waals surface area contributed by atoms with Gasteiger partial charge in [0.1, 0.15) is 18.3 Å². The van der Waals surface area contributed by atoms with Gasteiger partial charge in [0, 0.05) is 5.56 Å². The molecule has 1 aromatic carbocycles. The lowest BCUT2D eigenvalue weighted by Gasteiger charge is -2.17. The third-order valence-corrected chi connectivity index (χ3v) is 3.33. The molecule has 1 aromatic rings. The molecule has 0 saturated carbocycles. The second kappa shape index (κ2) is 3.28. The number of rotatable bonds is 1. The maximum atomic E-state index is 5.88. The van der Waals surface area contributed by atoms with E-state index in [-0.39, 0.29) is 30.9 Å². The van der Waals surface area contributed by atoms with Gasteiger partial charge in [-0.05, 0) is 0 Å². The lowest BCUT2D eigenvalue weighted by molar-refractivity contribution is -0.147. The predicted octanol–water partition coefficient (Wildman–Crippen LogP) is 1.22. The summed E-state index contributed by atoms with van der Waals surface area (Å²) in [5, 5.41) is 0. The van der Waals surface area contributed by atoms with Gasteiger partial charge in [0.15, 0.2) is 12.6 Å². The van der Waals surface area contributed by atoms with Gasteiger partial charge in [-0.2, -0.15) is 0 Å². The first kappa shape index (κ1) is 9.13. The van der Waals surface area contributed by atoms with Gasteiger partial charge >= 0.3 is 0 Å². The van der Waals surface area contributed by atoms with E-state index in [1.807, 2.05) is 30.3 Å². The highest BCUT2D eigenvalue weighted by Gasteiger charge is 2.57. The van der Waals surface area contributed by atoms with Crippen LogP contribution in [0.4, 0.5) is 0 Å². The summed E-state index contributed by atoms with van der Waals surface area (Å²) in [4.78, 5) is 0. The summed E-state index contributed by atoms with van der Waals surface area (Å²) in [5.74, 6) is 0. The van der Waals surface area contributed by atoms with Gasteiger partial charge in [0.05, 0.1) is 6.61 Å². The quantitative estimate of drug-likeness (QED) is 0.713. The standard InChI is InChI=1S/C12H12O4/c1-2-4-7(5-3-1)11-15-9-8-6-13-12(14-8)10(9)16-11/h1-5,8-12H,6H2/t8-,9+,10+,11+,12+/m0/s1. The minimum atomic E-state index is -0.271. The Morgan fingerprint density at radius 1 is 0.938 bits per heavy atom. The third-order valence-electron chi connectivity index (χ3n) is 3.33. The van der Waals surface area contributed by atoms with E-state index in [4.69, 9.17) is 18.9 Å². The highest BCUT2D eigenvalue weighted by molar-refractivity contribution is 5.17. The first-order valence-corrected chi connectivity index (χ1v) is 5.55. The van der Waals surface area contributed by atoms with Gasteiger partial charge in [0.2, 0.25) is 0 Å². The van der Waals surface area contributed by atoms with Crippen molar-refractivity contribution in [1.82, 2.24) is 0 Å². The first-order valence-electron chi connectivity index (χ1n) is 5.55. The average Bonchev–Trinajstić information content (AvgIpc) is 3.02. The van der Waals surface area contributed by atoms with Crippen molar-refractivity contribution >= 4 is 0 Å². The van der Waals surface area contributed by atoms with E-state index in [0.29, 0.717) is 6.61 Å². The van der Waals surface area contributed by atoms with Gasteiger partial charge in [-0.3, -0.25) is 0 Å². The molecule has 3 aliphatic heterocycles. The second-order valence-corrected chi connectivity index (χ2v) is 4.32. The topological polar surface area (TPSA) is 36.9 Å². The molecule has 84 valence electrons. The molecule has 5 atom stereocenters. The van der Waals surface area contributed by atoms with Gasteiger partial charge in [-0.15, -0.1) is 0 Å². The molecule has 0 aromatic heterocycles. The highest BCUT2D eigenvalue weighted by atomic mass is 16.8. The molecule has 3 fully saturated rings. The molecule has 0 N–H and O–H groups in total. The lowest BCUT2D eigenvalue weighted by atomic mass is 10.1. The molecular weight excluding hydrogens is 208 g/mol. The van der Waals surface area contributed by atoms with E-state index in [9.17, 15) is 0 Å². The van der Waals surface area contributed by atoms with E-state index < -0.39 is 0 Å². The van der Waals surface area contributed by atoms with Crippen molar-refractivity contribution in [3.05, 3.63) is 35.9 Å². The maximum Gasteiger partial charge on any atom is 0.187 e. The molecule has 2 bridgehead atoms. The fraction of sp³-hybridized carbons (Fsp3) is 0.500. The Kier molecular flexibility index (Phi) is 1.87. The fourth-order valence-electron chi connectivity index (χ4n) is 2.54. The van der Waals surface area contributed by atoms with Crippen LogP contribution in [0.5, 0.6) is 0 Å². The third kappa shape index (κ3) is 1.18. The molecule has 3 aliphatic rings. The average molecular weight is 220 g/mol. The summed E-state index contributed by atoms with van der Waals surface area (Å²) in [6.45, 7) is 0.622. The second-order valence-electron chi connectivity index (χ2n) is 4.32. The number of benzene rings is 1. The van der Waals surface area contributed by atoms with Gasteiger partial charge in [-0.25, -0.2) is 0 Å². The van der Waals surface area contributed by atoms with Crippen LogP contribution in [-0.2, 0) is 18.9 Å². The van der Waals surface area contributed by atoms with Crippen LogP contribution >= 0.6 is 0 Å². The Morgan fingerprint density at radius 3 is 2.56 bits per heavy atom. The molecular formula is C12H12O4. The zero-order valence-corrected chi connectivity index (χ0v) is 8.61. The van der Waals surface area contributed by atoms with E-state index in [0.717, 1.165) is 5.56 Å². The van der Waals surface area contributed by atoms with Crippen molar-refractivity contribution in [2.75, 3.05) is 6.61 Å². The molecule has 4 nitrogen and oxygen atoms in total. The molecule has 3 saturated heterocycles. The van der Waals surface area contributed by atoms with E-state index in [1.54, 1.807) is 0 Å². The minimum Gasteiger partial charge on any atom is -0.347 e. The molecule has 0 amide bonds. The van der Waals surface area contributed by atoms with Gasteiger partial charge < -0.3 is 18.9 Å². The SMILES string of the molecule is c1ccc([C@H]2O[C@H]3[C@@H]4OC[C@H](O4)[C@H]3O2)cc1. The molecule has 3 heterocycles. The van der Waals surface area contributed by atoms with Crippen LogP contribution in [0.25, 0.3) is 0 Å². The summed E-state index contributed by atoms with van der Waals surface area (Å²) in [7, 11) is 0. The van der Waals surface area contributed by atoms with Crippen molar-refractivity contribution in [3.8, 4) is 0 Å². The van der Waals surface area contributed by atoms with Gasteiger partial charge in [-0.1, -0.05) is 30.3 Å². The fourth-order valence-corrected chi connectivity index (χ4v) is 2.54. The van der Waals surface area contributed by atoms with Crippen molar-refractivity contribution in [1.29, 1.82) is 0 Å². The maximum absolute atomic E-state index is 5.88. The van der Waals surface area contributed by atoms with Gasteiger partial charge in [0.25, 0.3) is 0 Å². The smallest absolute Gasteiger partial charge is 0.187 e. The van der Waals surface area contributed by atoms with E-state index in [1.165, 1.54) is 0 Å². The first-order chi connectivity index (χ1) is 7.92. The van der Waals surface area contributed by atoms with Crippen molar-refractivity contribution in [2.45, 2.75) is 30.9 Å². The molecule has 0 spiro atoms. The lowest BCUT2D eigenvalue weighted by Crippen LogP contribution is -2.37. The Hall–Kier alpha value is -0.940. The van der Waals surface area contributed by atoms with E-state index >= 15 is 0 Å². The summed E-state index contributed by atoms with van der Waals surface area (Å²) in [5.41, 5.74) is 1.05. The Balaban J connectivity index is 1.59. The molecule has 4 heteroatoms. The Bertz CT molecular complexity index is 375. The molecule has 4 rings (SSSR count). The van der Waals surface area contributed by atoms with Crippen molar-refractivity contribution in [2.24, 2.45) is 0 Å². The van der Waals surface area contributed by atoms with Crippen LogP contribution < -0.4 is 0 Å². The minimum absolute atomic E-state index is 0.0314. The highest BCUT2D eigenvalue weighted by Crippen LogP contribution is 2.43. The Morgan fingerprint density at radius 2 is 1.75 bits per heavy atom. The van der Waals surface area contributed by atoms with Crippen LogP contribution in [0.3, 0.4) is 0 Å². The molecule has 0 radical (unpaired) electrons. The van der Waals surface area contributed by atoms with Crippen molar-refractivity contribution < 1.29 is 18.9 Å². The molecule has 0 unspecified atom stereocenters. The van der Waals surface area contributed by atoms with Crippen LogP contribution in [0.2, 0.25) is 0 Å². The summed E-state index contributed by atoms with van der Waals surface area (Å²) >= 11 is 0. The zero-order valence-electron chi connectivity index (χ0n) is 8.61. The van der Waals surface area contributed by atoms with Crippen LogP contribution in [-0.4, -0.2) is 31.2 Å². The van der Waals surface area contributed by atoms with Crippen LogP contribution in [0.1, 0.15) is 11.9 Å². The van der Waals surface area contributed by atoms with Crippen LogP contribution in [0.15, 0.2) is 30.3 Å². The number of fused-ring (bicyclic) bond motifs is 5. The van der Waals surface area contributed by atoms with Crippen LogP contribution in [0, 0.1) is 0 Å². The summed E-state index contributed by atoms with van der Waals surface area (Å²) in [6.07, 6.45) is -0.493. The number of ether oxygens (including phenoxy) is 4. The number of hydrogen-bond donors (Lipinski definition) is 0. The zero-order chi connectivity index (χ0) is 10.5. The molecule has 0 aliphatic carbocycles. The summed E-state index contributed by atoms with van der Waals surface area (Å²) in [6, 6.07) is 9.97. The summed E-state index contributed by atoms with van der Waals surface area (Å²) < 4.78 is 22.7. The monoisotopic (exact) mass is 220 g/mol. The Labute approximate surface area is 93.1 Å². The van der Waals surface area contributed by atoms with Crippen molar-refractivity contribution in [3.63, 3.8) is 0 Å². The number of hydrogen-bond acceptors (Lipinski definition) is 4. The molecule has 16 heavy (non-hydrogen) atoms. The van der Waals surface area contributed by atoms with E-state index in [2.05, 4.69) is 0 Å². The largest absolute Gasteiger partial charge is 0.347 e. The predicted molar refractivity (Wildman–Crippen MR) is 53.5 cm³/mol.